The molecule has 3 N–H and O–H groups in total. The van der Waals surface area contributed by atoms with Gasteiger partial charge in [-0.2, -0.15) is 0 Å². The number of para-hydroxylation sites is 2. The molecule has 0 bridgehead atoms. The van der Waals surface area contributed by atoms with E-state index >= 15 is 0 Å². The minimum atomic E-state index is -3.56. The van der Waals surface area contributed by atoms with Crippen molar-refractivity contribution in [3.8, 4) is 0 Å². The molecule has 0 saturated carbocycles. The van der Waals surface area contributed by atoms with E-state index in [2.05, 4.69) is 15.4 Å². The summed E-state index contributed by atoms with van der Waals surface area (Å²) in [5.41, 5.74) is 1.87. The van der Waals surface area contributed by atoms with Gasteiger partial charge >= 0.3 is 0 Å². The van der Waals surface area contributed by atoms with Crippen LogP contribution in [-0.2, 0) is 10.0 Å². The third kappa shape index (κ3) is 5.93. The van der Waals surface area contributed by atoms with Crippen LogP contribution in [0.2, 0.25) is 0 Å². The van der Waals surface area contributed by atoms with E-state index in [1.165, 1.54) is 12.1 Å². The smallest absolute Gasteiger partial charge is 0.257 e. The third-order valence-corrected chi connectivity index (χ3v) is 5.12. The van der Waals surface area contributed by atoms with Gasteiger partial charge in [-0.3, -0.25) is 14.3 Å². The monoisotopic (exact) mass is 437 g/mol. The Bertz CT molecular complexity index is 1190. The Labute approximate surface area is 181 Å². The SMILES string of the molecule is C[C@H](NC(=O)c1ccccc1NC(=O)c1ccccc1NS(C)(=O)=O)c1ccccc1. The molecule has 0 aromatic heterocycles. The zero-order valence-electron chi connectivity index (χ0n) is 17.1. The molecule has 8 heteroatoms. The van der Waals surface area contributed by atoms with Crippen molar-refractivity contribution in [1.29, 1.82) is 0 Å². The zero-order chi connectivity index (χ0) is 22.4. The summed E-state index contributed by atoms with van der Waals surface area (Å²) in [5, 5.41) is 5.64. The largest absolute Gasteiger partial charge is 0.345 e. The fourth-order valence-electron chi connectivity index (χ4n) is 3.05. The first-order chi connectivity index (χ1) is 14.7. The van der Waals surface area contributed by atoms with Crippen LogP contribution in [0.3, 0.4) is 0 Å². The maximum Gasteiger partial charge on any atom is 0.257 e. The lowest BCUT2D eigenvalue weighted by atomic mass is 10.1. The molecular formula is C23H23N3O4S. The first-order valence-electron chi connectivity index (χ1n) is 9.57. The van der Waals surface area contributed by atoms with E-state index < -0.39 is 15.9 Å². The van der Waals surface area contributed by atoms with Crippen molar-refractivity contribution in [2.24, 2.45) is 0 Å². The van der Waals surface area contributed by atoms with Gasteiger partial charge < -0.3 is 10.6 Å². The van der Waals surface area contributed by atoms with Crippen LogP contribution in [0.4, 0.5) is 11.4 Å². The number of carbonyl (C=O) groups is 2. The molecule has 0 heterocycles. The first-order valence-corrected chi connectivity index (χ1v) is 11.5. The molecule has 0 unspecified atom stereocenters. The van der Waals surface area contributed by atoms with Gasteiger partial charge in [-0.15, -0.1) is 0 Å². The zero-order valence-corrected chi connectivity index (χ0v) is 17.9. The summed E-state index contributed by atoms with van der Waals surface area (Å²) in [7, 11) is -3.56. The topological polar surface area (TPSA) is 104 Å². The summed E-state index contributed by atoms with van der Waals surface area (Å²) < 4.78 is 25.5. The Balaban J connectivity index is 1.81. The van der Waals surface area contributed by atoms with E-state index in [9.17, 15) is 18.0 Å². The molecule has 0 spiro atoms. The van der Waals surface area contributed by atoms with Crippen LogP contribution in [0.5, 0.6) is 0 Å². The first kappa shape index (κ1) is 22.0. The van der Waals surface area contributed by atoms with Crippen molar-refractivity contribution < 1.29 is 18.0 Å². The quantitative estimate of drug-likeness (QED) is 0.523. The Morgan fingerprint density at radius 2 is 1.26 bits per heavy atom. The van der Waals surface area contributed by atoms with Gasteiger partial charge in [0.25, 0.3) is 11.8 Å². The van der Waals surface area contributed by atoms with E-state index in [0.717, 1.165) is 11.8 Å². The molecule has 7 nitrogen and oxygen atoms in total. The second kappa shape index (κ2) is 9.44. The summed E-state index contributed by atoms with van der Waals surface area (Å²) in [4.78, 5) is 25.7. The molecule has 0 saturated heterocycles. The lowest BCUT2D eigenvalue weighted by Crippen LogP contribution is -2.28. The molecule has 0 aliphatic heterocycles. The van der Waals surface area contributed by atoms with Gasteiger partial charge in [-0.05, 0) is 36.8 Å². The Kier molecular flexibility index (Phi) is 6.71. The van der Waals surface area contributed by atoms with Gasteiger partial charge in [-0.25, -0.2) is 8.42 Å². The number of rotatable bonds is 7. The van der Waals surface area contributed by atoms with Gasteiger partial charge in [0.1, 0.15) is 0 Å². The molecule has 0 radical (unpaired) electrons. The fraction of sp³-hybridized carbons (Fsp3) is 0.130. The predicted octanol–water partition coefficient (Wildman–Crippen LogP) is 3.80. The van der Waals surface area contributed by atoms with Crippen molar-refractivity contribution in [2.45, 2.75) is 13.0 Å². The summed E-state index contributed by atoms with van der Waals surface area (Å²) in [6.07, 6.45) is 1.01. The lowest BCUT2D eigenvalue weighted by Gasteiger charge is -2.17. The maximum absolute atomic E-state index is 12.9. The highest BCUT2D eigenvalue weighted by Gasteiger charge is 2.18. The molecule has 0 aliphatic carbocycles. The van der Waals surface area contributed by atoms with Gasteiger partial charge in [-0.1, -0.05) is 54.6 Å². The number of amides is 2. The van der Waals surface area contributed by atoms with Crippen LogP contribution in [0.25, 0.3) is 0 Å². The van der Waals surface area contributed by atoms with Crippen LogP contribution in [-0.4, -0.2) is 26.5 Å². The Morgan fingerprint density at radius 1 is 0.742 bits per heavy atom. The number of benzene rings is 3. The summed E-state index contributed by atoms with van der Waals surface area (Å²) in [6.45, 7) is 1.88. The van der Waals surface area contributed by atoms with Crippen LogP contribution >= 0.6 is 0 Å². The van der Waals surface area contributed by atoms with Gasteiger partial charge in [0.2, 0.25) is 10.0 Å². The summed E-state index contributed by atoms with van der Waals surface area (Å²) >= 11 is 0. The van der Waals surface area contributed by atoms with E-state index in [1.807, 2.05) is 37.3 Å². The number of nitrogens with one attached hydrogen (secondary N) is 3. The number of hydrogen-bond acceptors (Lipinski definition) is 4. The van der Waals surface area contributed by atoms with Crippen LogP contribution in [0.15, 0.2) is 78.9 Å². The number of hydrogen-bond donors (Lipinski definition) is 3. The second-order valence-corrected chi connectivity index (χ2v) is 8.77. The van der Waals surface area contributed by atoms with Crippen molar-refractivity contribution in [1.82, 2.24) is 5.32 Å². The molecule has 1 atom stereocenters. The second-order valence-electron chi connectivity index (χ2n) is 7.03. The van der Waals surface area contributed by atoms with Crippen LogP contribution < -0.4 is 15.4 Å². The van der Waals surface area contributed by atoms with Crippen molar-refractivity contribution in [2.75, 3.05) is 16.3 Å². The molecule has 31 heavy (non-hydrogen) atoms. The average molecular weight is 438 g/mol. The molecular weight excluding hydrogens is 414 g/mol. The molecule has 160 valence electrons. The van der Waals surface area contributed by atoms with E-state index in [4.69, 9.17) is 0 Å². The van der Waals surface area contributed by atoms with Gasteiger partial charge in [0.05, 0.1) is 34.8 Å². The van der Waals surface area contributed by atoms with E-state index in [0.29, 0.717) is 11.3 Å². The molecule has 0 fully saturated rings. The highest BCUT2D eigenvalue weighted by atomic mass is 32.2. The Hall–Kier alpha value is -3.65. The molecule has 0 aliphatic rings. The van der Waals surface area contributed by atoms with E-state index in [1.54, 1.807) is 36.4 Å². The van der Waals surface area contributed by atoms with E-state index in [-0.39, 0.29) is 23.2 Å². The molecule has 3 aromatic carbocycles. The normalized spacial score (nSPS) is 11.9. The number of sulfonamides is 1. The molecule has 2 amide bonds. The summed E-state index contributed by atoms with van der Waals surface area (Å²) in [6, 6.07) is 22.2. The van der Waals surface area contributed by atoms with Crippen molar-refractivity contribution in [3.63, 3.8) is 0 Å². The highest BCUT2D eigenvalue weighted by molar-refractivity contribution is 7.92. The highest BCUT2D eigenvalue weighted by Crippen LogP contribution is 2.21. The minimum Gasteiger partial charge on any atom is -0.345 e. The molecule has 3 rings (SSSR count). The average Bonchev–Trinajstić information content (AvgIpc) is 2.74. The third-order valence-electron chi connectivity index (χ3n) is 4.53. The fourth-order valence-corrected chi connectivity index (χ4v) is 3.63. The van der Waals surface area contributed by atoms with Crippen LogP contribution in [0.1, 0.15) is 39.2 Å². The Morgan fingerprint density at radius 3 is 1.87 bits per heavy atom. The van der Waals surface area contributed by atoms with Crippen molar-refractivity contribution in [3.05, 3.63) is 95.6 Å². The van der Waals surface area contributed by atoms with Gasteiger partial charge in [0, 0.05) is 0 Å². The molecule has 3 aromatic rings. The lowest BCUT2D eigenvalue weighted by molar-refractivity contribution is 0.0940. The number of anilines is 2. The predicted molar refractivity (Wildman–Crippen MR) is 122 cm³/mol. The van der Waals surface area contributed by atoms with Gasteiger partial charge in [0.15, 0.2) is 0 Å². The van der Waals surface area contributed by atoms with Crippen LogP contribution in [0, 0.1) is 0 Å². The minimum absolute atomic E-state index is 0.140. The van der Waals surface area contributed by atoms with Crippen molar-refractivity contribution >= 4 is 33.2 Å². The number of carbonyl (C=O) groups excluding carboxylic acids is 2. The standard InChI is InChI=1S/C23H23N3O4S/c1-16(17-10-4-3-5-11-17)24-22(27)18-12-6-8-14-20(18)25-23(28)19-13-7-9-15-21(19)26-31(2,29)30/h3-16,26H,1-2H3,(H,24,27)(H,25,28)/t16-/m0/s1. The summed E-state index contributed by atoms with van der Waals surface area (Å²) in [5.74, 6) is -0.877. The maximum atomic E-state index is 12.9.